The molecular weight excluding hydrogens is 292 g/mol. The third-order valence-corrected chi connectivity index (χ3v) is 5.04. The number of nitrogens with zero attached hydrogens (tertiary/aromatic N) is 6. The number of hydrogen-bond donors (Lipinski definition) is 0. The molecule has 2 aliphatic heterocycles. The van der Waals surface area contributed by atoms with Crippen LogP contribution < -0.4 is 4.90 Å². The van der Waals surface area contributed by atoms with Crippen LogP contribution in [0.3, 0.4) is 0 Å². The summed E-state index contributed by atoms with van der Waals surface area (Å²) in [5.74, 6) is 1.82. The van der Waals surface area contributed by atoms with Crippen LogP contribution >= 0.6 is 0 Å². The fraction of sp³-hybridized carbons (Fsp3) is 0.688. The molecule has 4 rings (SSSR count). The molecule has 0 bridgehead atoms. The summed E-state index contributed by atoms with van der Waals surface area (Å²) in [7, 11) is 1.92. The highest BCUT2D eigenvalue weighted by atomic mass is 16.5. The van der Waals surface area contributed by atoms with Crippen LogP contribution in [0.15, 0.2) is 12.5 Å². The monoisotopic (exact) mass is 316 g/mol. The molecule has 2 aliphatic rings. The SMILES string of the molecule is Cn1ncc2c(N3CCC(CN4CCOCC4)CC3)ncnc21. The van der Waals surface area contributed by atoms with Gasteiger partial charge in [-0.15, -0.1) is 0 Å². The highest BCUT2D eigenvalue weighted by Gasteiger charge is 2.24. The Morgan fingerprint density at radius 2 is 1.91 bits per heavy atom. The van der Waals surface area contributed by atoms with Crippen molar-refractivity contribution in [1.29, 1.82) is 0 Å². The van der Waals surface area contributed by atoms with Crippen LogP contribution in [0.5, 0.6) is 0 Å². The number of morpholine rings is 1. The Labute approximate surface area is 136 Å². The van der Waals surface area contributed by atoms with E-state index in [-0.39, 0.29) is 0 Å². The van der Waals surface area contributed by atoms with Crippen molar-refractivity contribution < 1.29 is 4.74 Å². The van der Waals surface area contributed by atoms with Crippen molar-refractivity contribution in [2.45, 2.75) is 12.8 Å². The summed E-state index contributed by atoms with van der Waals surface area (Å²) in [6, 6.07) is 0. The summed E-state index contributed by atoms with van der Waals surface area (Å²) in [5.41, 5.74) is 0.908. The van der Waals surface area contributed by atoms with Gasteiger partial charge in [0, 0.05) is 39.8 Å². The van der Waals surface area contributed by atoms with Crippen molar-refractivity contribution in [2.75, 3.05) is 50.8 Å². The van der Waals surface area contributed by atoms with E-state index in [1.165, 1.54) is 19.4 Å². The Morgan fingerprint density at radius 1 is 1.13 bits per heavy atom. The summed E-state index contributed by atoms with van der Waals surface area (Å²) < 4.78 is 7.25. The van der Waals surface area contributed by atoms with Gasteiger partial charge in [0.25, 0.3) is 0 Å². The highest BCUT2D eigenvalue weighted by molar-refractivity contribution is 5.86. The van der Waals surface area contributed by atoms with E-state index >= 15 is 0 Å². The van der Waals surface area contributed by atoms with Crippen LogP contribution in [0.25, 0.3) is 11.0 Å². The molecule has 2 aromatic rings. The first kappa shape index (κ1) is 14.8. The molecule has 0 radical (unpaired) electrons. The van der Waals surface area contributed by atoms with Gasteiger partial charge in [-0.2, -0.15) is 5.10 Å². The third-order valence-electron chi connectivity index (χ3n) is 5.04. The van der Waals surface area contributed by atoms with E-state index in [2.05, 4.69) is 24.9 Å². The molecule has 0 N–H and O–H groups in total. The van der Waals surface area contributed by atoms with Gasteiger partial charge in [-0.3, -0.25) is 9.58 Å². The Kier molecular flexibility index (Phi) is 4.13. The molecule has 23 heavy (non-hydrogen) atoms. The van der Waals surface area contributed by atoms with Crippen LogP contribution in [0.4, 0.5) is 5.82 Å². The lowest BCUT2D eigenvalue weighted by Gasteiger charge is -2.36. The third kappa shape index (κ3) is 3.03. The molecule has 0 aromatic carbocycles. The molecule has 7 heteroatoms. The predicted octanol–water partition coefficient (Wildman–Crippen LogP) is 0.912. The number of hydrogen-bond acceptors (Lipinski definition) is 6. The molecule has 2 saturated heterocycles. The molecule has 0 atom stereocenters. The van der Waals surface area contributed by atoms with Crippen LogP contribution in [-0.4, -0.2) is 70.6 Å². The van der Waals surface area contributed by atoms with Crippen molar-refractivity contribution in [3.05, 3.63) is 12.5 Å². The number of aryl methyl sites for hydroxylation is 1. The smallest absolute Gasteiger partial charge is 0.163 e. The summed E-state index contributed by atoms with van der Waals surface area (Å²) in [5, 5.41) is 5.37. The summed E-state index contributed by atoms with van der Waals surface area (Å²) in [6.07, 6.45) is 5.98. The van der Waals surface area contributed by atoms with Crippen molar-refractivity contribution in [2.24, 2.45) is 13.0 Å². The standard InChI is InChI=1S/C16H24N6O/c1-20-15-14(10-19-20)16(18-12-17-15)22-4-2-13(3-5-22)11-21-6-8-23-9-7-21/h10,12-13H,2-9,11H2,1H3. The summed E-state index contributed by atoms with van der Waals surface area (Å²) in [4.78, 5) is 13.8. The molecule has 0 amide bonds. The minimum Gasteiger partial charge on any atom is -0.379 e. The molecule has 0 saturated carbocycles. The van der Waals surface area contributed by atoms with Gasteiger partial charge in [-0.25, -0.2) is 9.97 Å². The average molecular weight is 316 g/mol. The van der Waals surface area contributed by atoms with Gasteiger partial charge in [-0.1, -0.05) is 0 Å². The molecule has 0 unspecified atom stereocenters. The fourth-order valence-electron chi connectivity index (χ4n) is 3.68. The Balaban J connectivity index is 1.40. The van der Waals surface area contributed by atoms with Crippen LogP contribution in [0, 0.1) is 5.92 Å². The van der Waals surface area contributed by atoms with Gasteiger partial charge in [0.05, 0.1) is 24.8 Å². The van der Waals surface area contributed by atoms with Crippen molar-refractivity contribution in [3.63, 3.8) is 0 Å². The maximum absolute atomic E-state index is 5.43. The van der Waals surface area contributed by atoms with Crippen LogP contribution in [0.2, 0.25) is 0 Å². The first-order valence-electron chi connectivity index (χ1n) is 8.49. The number of rotatable bonds is 3. The van der Waals surface area contributed by atoms with Gasteiger partial charge in [0.15, 0.2) is 5.65 Å². The van der Waals surface area contributed by atoms with Crippen LogP contribution in [-0.2, 0) is 11.8 Å². The lowest BCUT2D eigenvalue weighted by atomic mass is 9.96. The van der Waals surface area contributed by atoms with Gasteiger partial charge in [0.1, 0.15) is 12.1 Å². The summed E-state index contributed by atoms with van der Waals surface area (Å²) >= 11 is 0. The second-order valence-corrected chi connectivity index (χ2v) is 6.55. The van der Waals surface area contributed by atoms with Crippen molar-refractivity contribution in [1.82, 2.24) is 24.6 Å². The first-order valence-corrected chi connectivity index (χ1v) is 8.49. The maximum atomic E-state index is 5.43. The molecule has 124 valence electrons. The molecule has 0 spiro atoms. The molecule has 2 aromatic heterocycles. The topological polar surface area (TPSA) is 59.3 Å². The lowest BCUT2D eigenvalue weighted by molar-refractivity contribution is 0.0289. The number of anilines is 1. The Morgan fingerprint density at radius 3 is 2.70 bits per heavy atom. The van der Waals surface area contributed by atoms with Gasteiger partial charge in [-0.05, 0) is 18.8 Å². The Bertz CT molecular complexity index is 658. The minimum atomic E-state index is 0.788. The van der Waals surface area contributed by atoms with E-state index in [9.17, 15) is 0 Å². The fourth-order valence-corrected chi connectivity index (χ4v) is 3.68. The van der Waals surface area contributed by atoms with E-state index in [0.717, 1.165) is 62.2 Å². The van der Waals surface area contributed by atoms with Crippen molar-refractivity contribution >= 4 is 16.9 Å². The zero-order chi connectivity index (χ0) is 15.6. The Hall–Kier alpha value is -1.73. The number of fused-ring (bicyclic) bond motifs is 1. The van der Waals surface area contributed by atoms with Crippen LogP contribution in [0.1, 0.15) is 12.8 Å². The molecule has 4 heterocycles. The summed E-state index contributed by atoms with van der Waals surface area (Å²) in [6.45, 7) is 7.29. The zero-order valence-corrected chi connectivity index (χ0v) is 13.7. The number of aromatic nitrogens is 4. The lowest BCUT2D eigenvalue weighted by Crippen LogP contribution is -2.43. The largest absolute Gasteiger partial charge is 0.379 e. The number of piperidine rings is 1. The molecule has 0 aliphatic carbocycles. The van der Waals surface area contributed by atoms with E-state index in [4.69, 9.17) is 4.74 Å². The predicted molar refractivity (Wildman–Crippen MR) is 88.5 cm³/mol. The highest BCUT2D eigenvalue weighted by Crippen LogP contribution is 2.27. The van der Waals surface area contributed by atoms with E-state index in [0.29, 0.717) is 0 Å². The van der Waals surface area contributed by atoms with Gasteiger partial charge in [0.2, 0.25) is 0 Å². The van der Waals surface area contributed by atoms with Crippen molar-refractivity contribution in [3.8, 4) is 0 Å². The molecular formula is C16H24N6O. The second-order valence-electron chi connectivity index (χ2n) is 6.55. The quantitative estimate of drug-likeness (QED) is 0.839. The van der Waals surface area contributed by atoms with E-state index < -0.39 is 0 Å². The van der Waals surface area contributed by atoms with E-state index in [1.807, 2.05) is 17.9 Å². The molecule has 2 fully saturated rings. The van der Waals surface area contributed by atoms with E-state index in [1.54, 1.807) is 6.33 Å². The maximum Gasteiger partial charge on any atom is 0.163 e. The number of ether oxygens (including phenoxy) is 1. The van der Waals surface area contributed by atoms with Gasteiger partial charge < -0.3 is 9.64 Å². The zero-order valence-electron chi connectivity index (χ0n) is 13.7. The molecule has 7 nitrogen and oxygen atoms in total. The minimum absolute atomic E-state index is 0.788. The normalized spacial score (nSPS) is 21.2. The average Bonchev–Trinajstić information content (AvgIpc) is 2.98. The second kappa shape index (κ2) is 6.41. The first-order chi connectivity index (χ1) is 11.3. The van der Waals surface area contributed by atoms with Gasteiger partial charge >= 0.3 is 0 Å².